The van der Waals surface area contributed by atoms with Gasteiger partial charge in [-0.1, -0.05) is 30.4 Å². The molecular formula is C17H22O4. The molecule has 2 rings (SSSR count). The van der Waals surface area contributed by atoms with Gasteiger partial charge in [-0.25, -0.2) is 0 Å². The molecule has 0 aliphatic heterocycles. The monoisotopic (exact) mass is 290 g/mol. The van der Waals surface area contributed by atoms with Crippen molar-refractivity contribution in [3.63, 3.8) is 0 Å². The largest absolute Gasteiger partial charge is 0.465 e. The standard InChI is InChI=1S/C17H22O4/c1-3-20-15(18)17(16(19)21-4-2)11-7-10-14(17)12-13-8-5-6-9-13/h5-6,8-9,12-13H,3-4,7,10-11H2,1-2H3/b14-12-. The van der Waals surface area contributed by atoms with Crippen LogP contribution in [0.1, 0.15) is 33.1 Å². The number of rotatable bonds is 5. The number of allylic oxidation sites excluding steroid dienone is 5. The number of hydrogen-bond donors (Lipinski definition) is 0. The highest BCUT2D eigenvalue weighted by Gasteiger charge is 2.54. The first-order valence-corrected chi connectivity index (χ1v) is 7.55. The Balaban J connectivity index is 2.36. The Hall–Kier alpha value is -1.84. The molecule has 0 heterocycles. The average molecular weight is 290 g/mol. The third-order valence-electron chi connectivity index (χ3n) is 3.97. The molecule has 21 heavy (non-hydrogen) atoms. The molecule has 4 heteroatoms. The van der Waals surface area contributed by atoms with E-state index in [4.69, 9.17) is 9.47 Å². The lowest BCUT2D eigenvalue weighted by molar-refractivity contribution is -0.168. The van der Waals surface area contributed by atoms with Gasteiger partial charge in [0, 0.05) is 5.92 Å². The number of carbonyl (C=O) groups is 2. The molecule has 0 aromatic heterocycles. The van der Waals surface area contributed by atoms with Gasteiger partial charge in [-0.05, 0) is 38.7 Å². The summed E-state index contributed by atoms with van der Waals surface area (Å²) in [6.45, 7) is 4.02. The number of hydrogen-bond acceptors (Lipinski definition) is 4. The third-order valence-corrected chi connectivity index (χ3v) is 3.97. The zero-order chi connectivity index (χ0) is 15.3. The van der Waals surface area contributed by atoms with E-state index in [0.29, 0.717) is 6.42 Å². The topological polar surface area (TPSA) is 52.6 Å². The second kappa shape index (κ2) is 6.74. The van der Waals surface area contributed by atoms with E-state index in [1.807, 2.05) is 30.4 Å². The summed E-state index contributed by atoms with van der Waals surface area (Å²) in [7, 11) is 0. The normalized spacial score (nSPS) is 21.9. The van der Waals surface area contributed by atoms with Gasteiger partial charge in [0.2, 0.25) is 0 Å². The molecule has 2 aliphatic rings. The molecule has 0 spiro atoms. The maximum absolute atomic E-state index is 12.5. The van der Waals surface area contributed by atoms with E-state index >= 15 is 0 Å². The summed E-state index contributed by atoms with van der Waals surface area (Å²) >= 11 is 0. The minimum atomic E-state index is -1.24. The van der Waals surface area contributed by atoms with Crippen molar-refractivity contribution in [3.8, 4) is 0 Å². The van der Waals surface area contributed by atoms with Crippen molar-refractivity contribution in [1.82, 2.24) is 0 Å². The lowest BCUT2D eigenvalue weighted by atomic mass is 9.80. The van der Waals surface area contributed by atoms with Gasteiger partial charge in [0.05, 0.1) is 13.2 Å². The Morgan fingerprint density at radius 2 is 1.76 bits per heavy atom. The number of ether oxygens (including phenoxy) is 2. The molecule has 1 saturated carbocycles. The lowest BCUT2D eigenvalue weighted by Gasteiger charge is -2.26. The van der Waals surface area contributed by atoms with Crippen LogP contribution in [0.2, 0.25) is 0 Å². The molecule has 0 amide bonds. The summed E-state index contributed by atoms with van der Waals surface area (Å²) in [5.41, 5.74) is -0.406. The first kappa shape index (κ1) is 15.5. The zero-order valence-corrected chi connectivity index (χ0v) is 12.6. The number of esters is 2. The molecule has 0 aromatic carbocycles. The molecule has 2 aliphatic carbocycles. The Labute approximate surface area is 125 Å². The van der Waals surface area contributed by atoms with Crippen LogP contribution in [0.5, 0.6) is 0 Å². The fourth-order valence-corrected chi connectivity index (χ4v) is 2.99. The molecule has 0 unspecified atom stereocenters. The average Bonchev–Trinajstić information content (AvgIpc) is 3.10. The first-order valence-electron chi connectivity index (χ1n) is 7.55. The van der Waals surface area contributed by atoms with Gasteiger partial charge in [0.1, 0.15) is 0 Å². The van der Waals surface area contributed by atoms with E-state index in [9.17, 15) is 9.59 Å². The minimum Gasteiger partial charge on any atom is -0.465 e. The smallest absolute Gasteiger partial charge is 0.327 e. The van der Waals surface area contributed by atoms with E-state index in [2.05, 4.69) is 0 Å². The molecular weight excluding hydrogens is 268 g/mol. The molecule has 0 atom stereocenters. The predicted octanol–water partition coefficient (Wildman–Crippen LogP) is 2.95. The van der Waals surface area contributed by atoms with Crippen LogP contribution in [-0.2, 0) is 19.1 Å². The first-order chi connectivity index (χ1) is 10.1. The second-order valence-electron chi connectivity index (χ2n) is 5.24. The van der Waals surface area contributed by atoms with Crippen molar-refractivity contribution >= 4 is 11.9 Å². The Kier molecular flexibility index (Phi) is 4.99. The van der Waals surface area contributed by atoms with Crippen LogP contribution < -0.4 is 0 Å². The van der Waals surface area contributed by atoms with Crippen molar-refractivity contribution in [3.05, 3.63) is 36.0 Å². The minimum absolute atomic E-state index is 0.140. The molecule has 0 aromatic rings. The van der Waals surface area contributed by atoms with Crippen LogP contribution in [0.25, 0.3) is 0 Å². The van der Waals surface area contributed by atoms with Gasteiger partial charge in [-0.2, -0.15) is 0 Å². The van der Waals surface area contributed by atoms with Crippen LogP contribution in [0, 0.1) is 11.3 Å². The number of carbonyl (C=O) groups excluding carboxylic acids is 2. The van der Waals surface area contributed by atoms with Crippen molar-refractivity contribution in [2.24, 2.45) is 11.3 Å². The van der Waals surface area contributed by atoms with Crippen molar-refractivity contribution in [2.45, 2.75) is 33.1 Å². The van der Waals surface area contributed by atoms with Gasteiger partial charge >= 0.3 is 11.9 Å². The Bertz CT molecular complexity index is 469. The molecule has 114 valence electrons. The van der Waals surface area contributed by atoms with Gasteiger partial charge in [0.15, 0.2) is 5.41 Å². The highest BCUT2D eigenvalue weighted by atomic mass is 16.6. The summed E-state index contributed by atoms with van der Waals surface area (Å²) < 4.78 is 10.3. The summed E-state index contributed by atoms with van der Waals surface area (Å²) in [5.74, 6) is -0.808. The lowest BCUT2D eigenvalue weighted by Crippen LogP contribution is -2.41. The van der Waals surface area contributed by atoms with Gasteiger partial charge < -0.3 is 9.47 Å². The van der Waals surface area contributed by atoms with Crippen LogP contribution in [-0.4, -0.2) is 25.2 Å². The highest BCUT2D eigenvalue weighted by molar-refractivity contribution is 6.04. The zero-order valence-electron chi connectivity index (χ0n) is 12.6. The fraction of sp³-hybridized carbons (Fsp3) is 0.529. The SMILES string of the molecule is CCOC(=O)C1(C(=O)OCC)CCC/C1=C/C1C=CC=C1. The van der Waals surface area contributed by atoms with Crippen molar-refractivity contribution in [2.75, 3.05) is 13.2 Å². The van der Waals surface area contributed by atoms with Crippen molar-refractivity contribution < 1.29 is 19.1 Å². The Morgan fingerprint density at radius 3 is 2.29 bits per heavy atom. The highest BCUT2D eigenvalue weighted by Crippen LogP contribution is 2.46. The fourth-order valence-electron chi connectivity index (χ4n) is 2.99. The molecule has 0 saturated heterocycles. The van der Waals surface area contributed by atoms with Gasteiger partial charge in [0.25, 0.3) is 0 Å². The van der Waals surface area contributed by atoms with E-state index in [0.717, 1.165) is 18.4 Å². The van der Waals surface area contributed by atoms with E-state index in [1.54, 1.807) is 13.8 Å². The van der Waals surface area contributed by atoms with Crippen molar-refractivity contribution in [1.29, 1.82) is 0 Å². The third kappa shape index (κ3) is 2.94. The van der Waals surface area contributed by atoms with Crippen LogP contribution in [0.3, 0.4) is 0 Å². The molecule has 0 N–H and O–H groups in total. The van der Waals surface area contributed by atoms with E-state index in [1.165, 1.54) is 0 Å². The summed E-state index contributed by atoms with van der Waals surface area (Å²) in [6, 6.07) is 0. The van der Waals surface area contributed by atoms with Crippen LogP contribution in [0.4, 0.5) is 0 Å². The van der Waals surface area contributed by atoms with Crippen LogP contribution >= 0.6 is 0 Å². The van der Waals surface area contributed by atoms with E-state index in [-0.39, 0.29) is 19.1 Å². The predicted molar refractivity (Wildman–Crippen MR) is 79.4 cm³/mol. The molecule has 0 bridgehead atoms. The van der Waals surface area contributed by atoms with E-state index < -0.39 is 17.4 Å². The maximum Gasteiger partial charge on any atom is 0.327 e. The summed E-state index contributed by atoms with van der Waals surface area (Å²) in [6.07, 6.45) is 12.0. The van der Waals surface area contributed by atoms with Gasteiger partial charge in [-0.15, -0.1) is 0 Å². The summed E-state index contributed by atoms with van der Waals surface area (Å²) in [4.78, 5) is 24.9. The van der Waals surface area contributed by atoms with Crippen LogP contribution in [0.15, 0.2) is 36.0 Å². The quantitative estimate of drug-likeness (QED) is 0.444. The summed E-state index contributed by atoms with van der Waals surface area (Å²) in [5, 5.41) is 0. The second-order valence-corrected chi connectivity index (χ2v) is 5.24. The van der Waals surface area contributed by atoms with Gasteiger partial charge in [-0.3, -0.25) is 9.59 Å². The molecule has 4 nitrogen and oxygen atoms in total. The molecule has 0 radical (unpaired) electrons. The Morgan fingerprint density at radius 1 is 1.19 bits per heavy atom. The maximum atomic E-state index is 12.5. The molecule has 1 fully saturated rings.